The lowest BCUT2D eigenvalue weighted by Crippen LogP contribution is -2.57. The third kappa shape index (κ3) is 17.1. The summed E-state index contributed by atoms with van der Waals surface area (Å²) in [5, 5.41) is 119. The molecular formula is C42H55N9O21. The molecule has 72 heavy (non-hydrogen) atoms. The quantitative estimate of drug-likeness (QED) is 0.0285. The molecular weight excluding hydrogens is 967 g/mol. The van der Waals surface area contributed by atoms with E-state index in [4.69, 9.17) is 5.73 Å². The number of carboxylic acid groups (broad SMARTS) is 3. The molecule has 1 aromatic carbocycles. The van der Waals surface area contributed by atoms with Crippen molar-refractivity contribution in [3.05, 3.63) is 52.1 Å². The summed E-state index contributed by atoms with van der Waals surface area (Å²) < 4.78 is 0. The molecule has 3 amide bonds. The van der Waals surface area contributed by atoms with Crippen LogP contribution in [-0.4, -0.2) is 197 Å². The number of carbonyl (C=O) groups is 9. The number of amides is 3. The van der Waals surface area contributed by atoms with E-state index in [0.717, 1.165) is 6.92 Å². The minimum Gasteiger partial charge on any atom is -0.481 e. The van der Waals surface area contributed by atoms with E-state index < -0.39 is 177 Å². The number of nitrogens with zero attached hydrogens (tertiary/aromatic N) is 3. The summed E-state index contributed by atoms with van der Waals surface area (Å²) in [5.41, 5.74) is 5.64. The molecule has 18 N–H and O–H groups in total. The van der Waals surface area contributed by atoms with Gasteiger partial charge in [0, 0.05) is 36.9 Å². The highest BCUT2D eigenvalue weighted by Crippen LogP contribution is 2.20. The van der Waals surface area contributed by atoms with Gasteiger partial charge in [-0.3, -0.25) is 38.5 Å². The normalized spacial score (nSPS) is 16.0. The third-order valence-corrected chi connectivity index (χ3v) is 10.8. The number of fused-ring (bicyclic) bond motifs is 1. The number of anilines is 2. The second-order valence-electron chi connectivity index (χ2n) is 16.4. The summed E-state index contributed by atoms with van der Waals surface area (Å²) in [6.07, 6.45) is -18.3. The minimum atomic E-state index is -2.50. The number of aliphatic hydroxyl groups excluding tert-OH is 8. The first-order valence-electron chi connectivity index (χ1n) is 21.6. The molecule has 0 unspecified atom stereocenters. The molecule has 11 atom stereocenters. The number of nitrogen functional groups attached to an aromatic ring is 1. The van der Waals surface area contributed by atoms with Crippen LogP contribution in [0.3, 0.4) is 0 Å². The first-order chi connectivity index (χ1) is 33.8. The van der Waals surface area contributed by atoms with Gasteiger partial charge in [0.25, 0.3) is 11.5 Å². The Morgan fingerprint density at radius 2 is 1.31 bits per heavy atom. The van der Waals surface area contributed by atoms with Crippen LogP contribution < -0.4 is 32.6 Å². The van der Waals surface area contributed by atoms with Crippen molar-refractivity contribution >= 4 is 75.8 Å². The Labute approximate surface area is 405 Å². The van der Waals surface area contributed by atoms with E-state index in [-0.39, 0.29) is 29.2 Å². The molecule has 0 saturated carbocycles. The number of benzene rings is 1. The molecule has 2 heterocycles. The monoisotopic (exact) mass is 1020 g/mol. The van der Waals surface area contributed by atoms with E-state index >= 15 is 0 Å². The number of aromatic amines is 1. The molecule has 0 fully saturated rings. The van der Waals surface area contributed by atoms with Crippen molar-refractivity contribution in [2.75, 3.05) is 24.3 Å². The first-order valence-corrected chi connectivity index (χ1v) is 21.6. The second kappa shape index (κ2) is 27.2. The van der Waals surface area contributed by atoms with Crippen molar-refractivity contribution < 1.29 is 99.3 Å². The first kappa shape index (κ1) is 58.9. The van der Waals surface area contributed by atoms with Gasteiger partial charge in [0.1, 0.15) is 60.2 Å². The number of aromatic nitrogens is 4. The molecule has 30 heteroatoms. The summed E-state index contributed by atoms with van der Waals surface area (Å²) in [6, 6.07) is -0.890. The predicted octanol–water partition coefficient (Wildman–Crippen LogP) is -6.32. The maximum Gasteiger partial charge on any atom is 0.326 e. The zero-order valence-electron chi connectivity index (χ0n) is 38.0. The van der Waals surface area contributed by atoms with Crippen molar-refractivity contribution in [1.29, 1.82) is 0 Å². The molecule has 0 bridgehead atoms. The average molecular weight is 1020 g/mol. The lowest BCUT2D eigenvalue weighted by molar-refractivity contribution is -0.149. The van der Waals surface area contributed by atoms with Crippen LogP contribution >= 0.6 is 0 Å². The van der Waals surface area contributed by atoms with E-state index in [9.17, 15) is 104 Å². The van der Waals surface area contributed by atoms with Crippen LogP contribution in [0.5, 0.6) is 0 Å². The topological polar surface area (TPSA) is 522 Å². The maximum atomic E-state index is 13.6. The Hall–Kier alpha value is -7.45. The van der Waals surface area contributed by atoms with Crippen LogP contribution in [0.25, 0.3) is 11.2 Å². The number of ketones is 3. The summed E-state index contributed by atoms with van der Waals surface area (Å²) in [7, 11) is 0. The van der Waals surface area contributed by atoms with Crippen LogP contribution in [0.4, 0.5) is 11.6 Å². The number of Topliss-reactive ketones (excluding diaryl/α,β-unsaturated/α-hetero) is 3. The Morgan fingerprint density at radius 1 is 0.708 bits per heavy atom. The summed E-state index contributed by atoms with van der Waals surface area (Å²) in [5.74, 6) is -16.4. The number of aliphatic carboxylic acids is 3. The zero-order chi connectivity index (χ0) is 54.1. The van der Waals surface area contributed by atoms with Crippen LogP contribution in [0.15, 0.2) is 35.3 Å². The number of carbonyl (C=O) groups excluding carboxylic acids is 6. The molecule has 0 radical (unpaired) electrons. The molecule has 0 aliphatic rings. The SMILES string of the molecule is CC(=O)C[C@H](CC(=O)[C@@H](NC(=O)C[C@H](NC(=O)[C@@H](CC(=O)CC[C@H](NC(=O)c1ccc(NCc2cnc3nc(N)[nH]c(=O)c3n2)cc1)C(=O)O)[C@@H](O)[C@H](O)[C@H](O)CO)C(=O)O)[C@@H](O)[C@H](O)[C@H](O)CO)C(=O)O. The minimum absolute atomic E-state index is 0.0287. The van der Waals surface area contributed by atoms with E-state index in [1.54, 1.807) is 0 Å². The van der Waals surface area contributed by atoms with Crippen LogP contribution in [-0.2, 0) is 44.9 Å². The second-order valence-corrected chi connectivity index (χ2v) is 16.4. The molecule has 2 aromatic heterocycles. The third-order valence-electron chi connectivity index (χ3n) is 10.8. The van der Waals surface area contributed by atoms with Gasteiger partial charge in [0.05, 0.1) is 56.0 Å². The highest BCUT2D eigenvalue weighted by Gasteiger charge is 2.41. The standard InChI is InChI=1S/C42H55N9O21/c1-16(54)8-18(39(67)68)9-25(56)29(34(63)33(62)27(58)15-53)49-28(59)11-24(41(71)72)48-37(65)22(31(60)32(61)26(57)14-52)10-21(55)6-7-23(40(69)70)47-36(64)17-2-4-19(5-3-17)44-12-20-13-45-35-30(46-20)38(66)51-42(43)50-35/h2-5,13,18,22-24,26-27,29,31-34,44,52-53,57-58,60-63H,6-12,14-15H2,1H3,(H,47,64)(H,48,65)(H,49,59)(H,67,68)(H,69,70)(H,71,72)(H3,43,45,50,51,66)/t18-,22+,23+,24+,26-,27-,29-,31-,32-,33-,34-/m1/s1. The van der Waals surface area contributed by atoms with Gasteiger partial charge < -0.3 is 88.0 Å². The molecule has 0 aliphatic carbocycles. The van der Waals surface area contributed by atoms with Gasteiger partial charge in [0.2, 0.25) is 17.8 Å². The van der Waals surface area contributed by atoms with E-state index in [1.807, 2.05) is 10.6 Å². The molecule has 0 spiro atoms. The number of nitrogens with one attached hydrogen (secondary N) is 5. The fourth-order valence-electron chi connectivity index (χ4n) is 6.83. The van der Waals surface area contributed by atoms with Gasteiger partial charge in [0.15, 0.2) is 16.9 Å². The Balaban J connectivity index is 1.73. The summed E-state index contributed by atoms with van der Waals surface area (Å²) in [4.78, 5) is 141. The number of H-pyrrole nitrogens is 1. The van der Waals surface area contributed by atoms with Gasteiger partial charge in [-0.05, 0) is 37.6 Å². The largest absolute Gasteiger partial charge is 0.481 e. The van der Waals surface area contributed by atoms with Crippen molar-refractivity contribution in [1.82, 2.24) is 35.9 Å². The van der Waals surface area contributed by atoms with Gasteiger partial charge >= 0.3 is 17.9 Å². The number of rotatable bonds is 31. The van der Waals surface area contributed by atoms with E-state index in [1.165, 1.54) is 30.5 Å². The fourth-order valence-corrected chi connectivity index (χ4v) is 6.83. The van der Waals surface area contributed by atoms with Crippen molar-refractivity contribution in [3.8, 4) is 0 Å². The lowest BCUT2D eigenvalue weighted by atomic mass is 9.88. The van der Waals surface area contributed by atoms with Crippen molar-refractivity contribution in [3.63, 3.8) is 0 Å². The Kier molecular flexibility index (Phi) is 22.3. The highest BCUT2D eigenvalue weighted by atomic mass is 16.4. The number of nitrogens with two attached hydrogens (primary N) is 1. The van der Waals surface area contributed by atoms with Crippen molar-refractivity contribution in [2.45, 2.75) is 107 Å². The lowest BCUT2D eigenvalue weighted by Gasteiger charge is -2.30. The molecule has 394 valence electrons. The average Bonchev–Trinajstić information content (AvgIpc) is 3.33. The highest BCUT2D eigenvalue weighted by molar-refractivity contribution is 5.98. The number of aliphatic hydroxyl groups is 8. The van der Waals surface area contributed by atoms with Gasteiger partial charge in [-0.1, -0.05) is 0 Å². The van der Waals surface area contributed by atoms with Gasteiger partial charge in [-0.15, -0.1) is 0 Å². The number of carboxylic acids is 3. The van der Waals surface area contributed by atoms with Crippen LogP contribution in [0.1, 0.15) is 61.5 Å². The zero-order valence-corrected chi connectivity index (χ0v) is 38.0. The van der Waals surface area contributed by atoms with Gasteiger partial charge in [-0.2, -0.15) is 4.98 Å². The number of hydrogen-bond acceptors (Lipinski definition) is 23. The number of hydrogen-bond donors (Lipinski definition) is 17. The molecule has 0 aliphatic heterocycles. The van der Waals surface area contributed by atoms with Crippen LogP contribution in [0.2, 0.25) is 0 Å². The summed E-state index contributed by atoms with van der Waals surface area (Å²) >= 11 is 0. The molecule has 0 saturated heterocycles. The predicted molar refractivity (Wildman–Crippen MR) is 240 cm³/mol. The van der Waals surface area contributed by atoms with Crippen LogP contribution in [0, 0.1) is 11.8 Å². The Bertz CT molecular complexity index is 2510. The molecule has 3 rings (SSSR count). The summed E-state index contributed by atoms with van der Waals surface area (Å²) in [6.45, 7) is -1.32. The van der Waals surface area contributed by atoms with E-state index in [2.05, 4.69) is 30.6 Å². The fraction of sp³-hybridized carbons (Fsp3) is 0.500. The molecule has 3 aromatic rings. The van der Waals surface area contributed by atoms with Crippen molar-refractivity contribution in [2.24, 2.45) is 11.8 Å². The molecule has 30 nitrogen and oxygen atoms in total. The van der Waals surface area contributed by atoms with E-state index in [0.29, 0.717) is 11.4 Å². The maximum absolute atomic E-state index is 13.6. The smallest absolute Gasteiger partial charge is 0.326 e. The Morgan fingerprint density at radius 3 is 1.86 bits per heavy atom. The van der Waals surface area contributed by atoms with Gasteiger partial charge in [-0.25, -0.2) is 19.6 Å².